The quantitative estimate of drug-likeness (QED) is 0.890. The van der Waals surface area contributed by atoms with Gasteiger partial charge in [0.25, 0.3) is 0 Å². The Morgan fingerprint density at radius 2 is 2.25 bits per heavy atom. The Balaban J connectivity index is 1.82. The third-order valence-electron chi connectivity index (χ3n) is 3.31. The van der Waals surface area contributed by atoms with Crippen molar-refractivity contribution in [1.29, 1.82) is 0 Å². The van der Waals surface area contributed by atoms with Gasteiger partial charge in [-0.05, 0) is 37.7 Å². The first-order valence-electron chi connectivity index (χ1n) is 6.71. The summed E-state index contributed by atoms with van der Waals surface area (Å²) >= 11 is 5.99. The third kappa shape index (κ3) is 4.34. The fourth-order valence-electron chi connectivity index (χ4n) is 2.21. The summed E-state index contributed by atoms with van der Waals surface area (Å²) in [5, 5.41) is 4.91. The van der Waals surface area contributed by atoms with E-state index in [2.05, 4.69) is 17.0 Å². The molecule has 1 aromatic carbocycles. The molecule has 1 aromatic heterocycles. The molecule has 4 nitrogen and oxygen atoms in total. The summed E-state index contributed by atoms with van der Waals surface area (Å²) in [5.74, 6) is 0. The lowest BCUT2D eigenvalue weighted by Crippen LogP contribution is -2.23. The van der Waals surface area contributed by atoms with Crippen LogP contribution < -0.4 is 5.73 Å². The maximum Gasteiger partial charge on any atom is 0.0534 e. The van der Waals surface area contributed by atoms with Gasteiger partial charge in [-0.3, -0.25) is 4.68 Å². The Hall–Kier alpha value is -1.36. The Bertz CT molecular complexity index is 552. The number of aryl methyl sites for hydroxylation is 1. The van der Waals surface area contributed by atoms with Crippen LogP contribution in [0.25, 0.3) is 0 Å². The van der Waals surface area contributed by atoms with Crippen LogP contribution >= 0.6 is 11.6 Å². The zero-order valence-electron chi connectivity index (χ0n) is 12.0. The van der Waals surface area contributed by atoms with Crippen LogP contribution in [0.4, 0.5) is 0 Å². The molecule has 0 saturated heterocycles. The lowest BCUT2D eigenvalue weighted by Gasteiger charge is -2.19. The number of benzene rings is 1. The fourth-order valence-corrected chi connectivity index (χ4v) is 2.41. The van der Waals surface area contributed by atoms with Crippen molar-refractivity contribution in [2.75, 3.05) is 13.6 Å². The lowest BCUT2D eigenvalue weighted by molar-refractivity contribution is 0.311. The van der Waals surface area contributed by atoms with E-state index in [1.165, 1.54) is 5.56 Å². The molecule has 1 heterocycles. The van der Waals surface area contributed by atoms with Crippen LogP contribution in [0.2, 0.25) is 5.02 Å². The summed E-state index contributed by atoms with van der Waals surface area (Å²) in [6.45, 7) is 1.82. The van der Waals surface area contributed by atoms with Crippen LogP contribution in [-0.2, 0) is 13.6 Å². The van der Waals surface area contributed by atoms with Crippen molar-refractivity contribution in [1.82, 2.24) is 14.7 Å². The highest BCUT2D eigenvalue weighted by Crippen LogP contribution is 2.18. The van der Waals surface area contributed by atoms with E-state index in [-0.39, 0.29) is 6.04 Å². The van der Waals surface area contributed by atoms with Crippen molar-refractivity contribution < 1.29 is 0 Å². The van der Waals surface area contributed by atoms with Crippen molar-refractivity contribution in [3.63, 3.8) is 0 Å². The standard InChI is InChI=1S/C15H21ClN4/c1-19(10-12-9-18-20(2)11-12)7-6-15(17)13-4-3-5-14(16)8-13/h3-5,8-9,11,15H,6-7,10,17H2,1-2H3. The van der Waals surface area contributed by atoms with Crippen LogP contribution in [0.5, 0.6) is 0 Å². The van der Waals surface area contributed by atoms with Crippen molar-refractivity contribution in [2.45, 2.75) is 19.0 Å². The van der Waals surface area contributed by atoms with Gasteiger partial charge in [-0.15, -0.1) is 0 Å². The second-order valence-corrected chi connectivity index (χ2v) is 5.65. The van der Waals surface area contributed by atoms with Gasteiger partial charge in [0.05, 0.1) is 6.20 Å². The van der Waals surface area contributed by atoms with Gasteiger partial charge in [0, 0.05) is 36.4 Å². The van der Waals surface area contributed by atoms with E-state index in [4.69, 9.17) is 17.3 Å². The monoisotopic (exact) mass is 292 g/mol. The minimum absolute atomic E-state index is 0.0186. The van der Waals surface area contributed by atoms with Gasteiger partial charge in [-0.25, -0.2) is 0 Å². The Morgan fingerprint density at radius 1 is 1.45 bits per heavy atom. The van der Waals surface area contributed by atoms with Gasteiger partial charge in [0.15, 0.2) is 0 Å². The molecule has 2 aromatic rings. The van der Waals surface area contributed by atoms with Crippen LogP contribution in [0.15, 0.2) is 36.7 Å². The topological polar surface area (TPSA) is 47.1 Å². The molecule has 0 spiro atoms. The van der Waals surface area contributed by atoms with Gasteiger partial charge in [-0.2, -0.15) is 5.10 Å². The first kappa shape index (κ1) is 15.0. The molecule has 0 aliphatic heterocycles. The molecule has 0 amide bonds. The number of halogens is 1. The second kappa shape index (κ2) is 6.88. The van der Waals surface area contributed by atoms with E-state index in [1.54, 1.807) is 0 Å². The van der Waals surface area contributed by atoms with Gasteiger partial charge in [-0.1, -0.05) is 23.7 Å². The van der Waals surface area contributed by atoms with E-state index < -0.39 is 0 Å². The molecule has 2 rings (SSSR count). The number of nitrogens with two attached hydrogens (primary N) is 1. The molecule has 0 saturated carbocycles. The summed E-state index contributed by atoms with van der Waals surface area (Å²) in [4.78, 5) is 2.25. The summed E-state index contributed by atoms with van der Waals surface area (Å²) in [6, 6.07) is 7.79. The van der Waals surface area contributed by atoms with Crippen molar-refractivity contribution in [3.05, 3.63) is 52.8 Å². The molecular weight excluding hydrogens is 272 g/mol. The SMILES string of the molecule is CN(CCC(N)c1cccc(Cl)c1)Cc1cnn(C)c1. The smallest absolute Gasteiger partial charge is 0.0534 e. The van der Waals surface area contributed by atoms with E-state index in [9.17, 15) is 0 Å². The zero-order chi connectivity index (χ0) is 14.5. The first-order valence-corrected chi connectivity index (χ1v) is 7.09. The molecule has 0 fully saturated rings. The van der Waals surface area contributed by atoms with Gasteiger partial charge in [0.2, 0.25) is 0 Å². The van der Waals surface area contributed by atoms with Crippen LogP contribution in [-0.4, -0.2) is 28.3 Å². The molecule has 0 aliphatic carbocycles. The largest absolute Gasteiger partial charge is 0.324 e. The molecular formula is C15H21ClN4. The minimum Gasteiger partial charge on any atom is -0.324 e. The van der Waals surface area contributed by atoms with E-state index in [0.717, 1.165) is 30.1 Å². The van der Waals surface area contributed by atoms with Crippen molar-refractivity contribution >= 4 is 11.6 Å². The van der Waals surface area contributed by atoms with E-state index >= 15 is 0 Å². The molecule has 2 N–H and O–H groups in total. The van der Waals surface area contributed by atoms with Crippen LogP contribution in [0.3, 0.4) is 0 Å². The third-order valence-corrected chi connectivity index (χ3v) is 3.54. The highest BCUT2D eigenvalue weighted by atomic mass is 35.5. The molecule has 1 atom stereocenters. The summed E-state index contributed by atoms with van der Waals surface area (Å²) in [6.07, 6.45) is 4.83. The lowest BCUT2D eigenvalue weighted by atomic mass is 10.0. The molecule has 1 unspecified atom stereocenters. The highest BCUT2D eigenvalue weighted by Gasteiger charge is 2.09. The Kier molecular flexibility index (Phi) is 5.17. The average Bonchev–Trinajstić information content (AvgIpc) is 2.81. The van der Waals surface area contributed by atoms with Crippen molar-refractivity contribution in [3.8, 4) is 0 Å². The number of hydrogen-bond donors (Lipinski definition) is 1. The summed E-state index contributed by atoms with van der Waals surface area (Å²) in [5.41, 5.74) is 8.51. The maximum absolute atomic E-state index is 6.21. The van der Waals surface area contributed by atoms with Gasteiger partial charge >= 0.3 is 0 Å². The molecule has 108 valence electrons. The maximum atomic E-state index is 6.21. The highest BCUT2D eigenvalue weighted by molar-refractivity contribution is 6.30. The Labute approximate surface area is 125 Å². The number of rotatable bonds is 6. The normalized spacial score (nSPS) is 12.8. The fraction of sp³-hybridized carbons (Fsp3) is 0.400. The average molecular weight is 293 g/mol. The minimum atomic E-state index is 0.0186. The van der Waals surface area contributed by atoms with Crippen LogP contribution in [0, 0.1) is 0 Å². The predicted molar refractivity (Wildman–Crippen MR) is 82.5 cm³/mol. The number of hydrogen-bond acceptors (Lipinski definition) is 3. The predicted octanol–water partition coefficient (Wildman–Crippen LogP) is 2.60. The second-order valence-electron chi connectivity index (χ2n) is 5.21. The van der Waals surface area contributed by atoms with E-state index in [0.29, 0.717) is 0 Å². The molecule has 20 heavy (non-hydrogen) atoms. The van der Waals surface area contributed by atoms with Crippen molar-refractivity contribution in [2.24, 2.45) is 12.8 Å². The Morgan fingerprint density at radius 3 is 2.90 bits per heavy atom. The summed E-state index contributed by atoms with van der Waals surface area (Å²) in [7, 11) is 4.02. The zero-order valence-corrected chi connectivity index (χ0v) is 12.7. The van der Waals surface area contributed by atoms with E-state index in [1.807, 2.05) is 48.4 Å². The van der Waals surface area contributed by atoms with Gasteiger partial charge in [0.1, 0.15) is 0 Å². The van der Waals surface area contributed by atoms with Gasteiger partial charge < -0.3 is 10.6 Å². The summed E-state index contributed by atoms with van der Waals surface area (Å²) < 4.78 is 1.82. The molecule has 0 aliphatic rings. The first-order chi connectivity index (χ1) is 9.54. The van der Waals surface area contributed by atoms with Crippen LogP contribution in [0.1, 0.15) is 23.6 Å². The molecule has 5 heteroatoms. The number of aromatic nitrogens is 2. The number of nitrogens with zero attached hydrogens (tertiary/aromatic N) is 3. The molecule has 0 bridgehead atoms. The molecule has 0 radical (unpaired) electrons.